The third-order valence-corrected chi connectivity index (χ3v) is 5.62. The number of allylic oxidation sites excluding steroid dienone is 3. The van der Waals surface area contributed by atoms with Crippen LogP contribution in [0.3, 0.4) is 0 Å². The zero-order valence-electron chi connectivity index (χ0n) is 16.3. The molecule has 1 atom stereocenters. The second kappa shape index (κ2) is 9.00. The van der Waals surface area contributed by atoms with Crippen molar-refractivity contribution in [3.8, 4) is 0 Å². The van der Waals surface area contributed by atoms with Crippen LogP contribution in [-0.4, -0.2) is 21.9 Å². The van der Waals surface area contributed by atoms with Crippen LogP contribution in [0.2, 0.25) is 0 Å². The number of hydrogen-bond acceptors (Lipinski definition) is 2. The monoisotopic (exact) mass is 473 g/mol. The molecular formula is C23H22BrF2N3O. The van der Waals surface area contributed by atoms with Gasteiger partial charge in [0.15, 0.2) is 0 Å². The fourth-order valence-electron chi connectivity index (χ4n) is 3.57. The number of hydrogen-bond donors (Lipinski definition) is 1. The molecule has 1 unspecified atom stereocenters. The minimum absolute atomic E-state index is 0.315. The van der Waals surface area contributed by atoms with Crippen LogP contribution in [0.4, 0.5) is 8.78 Å². The van der Waals surface area contributed by atoms with Crippen LogP contribution in [0, 0.1) is 11.2 Å². The molecule has 1 heterocycles. The van der Waals surface area contributed by atoms with Gasteiger partial charge in [0, 0.05) is 17.4 Å². The molecule has 0 spiro atoms. The van der Waals surface area contributed by atoms with Crippen LogP contribution in [-0.2, 0) is 17.8 Å². The maximum absolute atomic E-state index is 13.9. The number of imidazole rings is 1. The lowest BCUT2D eigenvalue weighted by atomic mass is 10.1. The minimum atomic E-state index is -0.939. The first-order valence-corrected chi connectivity index (χ1v) is 10.6. The average Bonchev–Trinajstić information content (AvgIpc) is 2.99. The Morgan fingerprint density at radius 1 is 1.10 bits per heavy atom. The predicted octanol–water partition coefficient (Wildman–Crippen LogP) is 5.46. The molecule has 1 aliphatic carbocycles. The maximum atomic E-state index is 13.9. The highest BCUT2D eigenvalue weighted by molar-refractivity contribution is 9.10. The number of fused-ring (bicyclic) bond motifs is 1. The summed E-state index contributed by atoms with van der Waals surface area (Å²) in [6.07, 6.45) is 4.93. The number of alkyl halides is 1. The van der Waals surface area contributed by atoms with Gasteiger partial charge in [-0.25, -0.2) is 8.78 Å². The van der Waals surface area contributed by atoms with Crippen LogP contribution >= 0.6 is 15.9 Å². The lowest BCUT2D eigenvalue weighted by Gasteiger charge is -2.12. The fourth-order valence-corrected chi connectivity index (χ4v) is 3.83. The van der Waals surface area contributed by atoms with Gasteiger partial charge >= 0.3 is 0 Å². The van der Waals surface area contributed by atoms with Gasteiger partial charge < -0.3 is 13.9 Å². The van der Waals surface area contributed by atoms with Crippen LogP contribution in [0.5, 0.6) is 0 Å². The van der Waals surface area contributed by atoms with E-state index in [1.807, 2.05) is 33.4 Å². The van der Waals surface area contributed by atoms with Crippen LogP contribution < -0.4 is 5.62 Å². The Kier molecular flexibility index (Phi) is 6.18. The van der Waals surface area contributed by atoms with Crippen LogP contribution in [0.1, 0.15) is 18.4 Å². The Morgan fingerprint density at radius 3 is 2.63 bits per heavy atom. The summed E-state index contributed by atoms with van der Waals surface area (Å²) in [7, 11) is 0. The highest BCUT2D eigenvalue weighted by Crippen LogP contribution is 2.19. The van der Waals surface area contributed by atoms with Crippen molar-refractivity contribution in [1.82, 2.24) is 9.13 Å². The van der Waals surface area contributed by atoms with E-state index in [1.54, 1.807) is 18.2 Å². The molecule has 0 saturated carbocycles. The molecule has 156 valence electrons. The summed E-state index contributed by atoms with van der Waals surface area (Å²) < 4.78 is 37.4. The lowest BCUT2D eigenvalue weighted by Crippen LogP contribution is -2.25. The average molecular weight is 474 g/mol. The van der Waals surface area contributed by atoms with Gasteiger partial charge in [0.25, 0.3) is 0 Å². The highest BCUT2D eigenvalue weighted by Gasteiger charge is 2.13. The van der Waals surface area contributed by atoms with E-state index in [0.29, 0.717) is 49.4 Å². The molecule has 0 bridgehead atoms. The summed E-state index contributed by atoms with van der Waals surface area (Å²) in [5, 5.41) is 8.68. The van der Waals surface area contributed by atoms with Crippen molar-refractivity contribution in [3.63, 3.8) is 0 Å². The zero-order valence-corrected chi connectivity index (χ0v) is 17.9. The number of nitrogens with one attached hydrogen (secondary N) is 1. The van der Waals surface area contributed by atoms with Gasteiger partial charge in [0.1, 0.15) is 17.7 Å². The number of aromatic nitrogens is 2. The van der Waals surface area contributed by atoms with E-state index in [0.717, 1.165) is 15.6 Å². The van der Waals surface area contributed by atoms with Gasteiger partial charge in [-0.15, -0.1) is 0 Å². The Hall–Kier alpha value is -2.67. The molecule has 3 aromatic rings. The molecule has 30 heavy (non-hydrogen) atoms. The van der Waals surface area contributed by atoms with Gasteiger partial charge in [-0.1, -0.05) is 28.1 Å². The molecule has 1 N–H and O–H groups in total. The number of nitrogens with zero attached hydrogens (tertiary/aromatic N) is 2. The summed E-state index contributed by atoms with van der Waals surface area (Å²) in [4.78, 5) is 0. The van der Waals surface area contributed by atoms with E-state index in [1.165, 1.54) is 18.2 Å². The van der Waals surface area contributed by atoms with Crippen molar-refractivity contribution < 1.29 is 13.5 Å². The molecule has 1 aliphatic rings. The first-order chi connectivity index (χ1) is 14.5. The molecule has 0 amide bonds. The van der Waals surface area contributed by atoms with E-state index in [4.69, 9.17) is 10.1 Å². The third kappa shape index (κ3) is 4.56. The van der Waals surface area contributed by atoms with Crippen molar-refractivity contribution in [2.45, 2.75) is 32.1 Å². The third-order valence-electron chi connectivity index (χ3n) is 5.09. The van der Waals surface area contributed by atoms with Crippen molar-refractivity contribution in [2.24, 2.45) is 0 Å². The Labute approximate surface area is 181 Å². The first kappa shape index (κ1) is 20.6. The molecule has 2 aromatic carbocycles. The van der Waals surface area contributed by atoms with Crippen molar-refractivity contribution in [3.05, 3.63) is 87.9 Å². The van der Waals surface area contributed by atoms with E-state index in [-0.39, 0.29) is 5.82 Å². The van der Waals surface area contributed by atoms with Gasteiger partial charge in [0.05, 0.1) is 24.2 Å². The summed E-state index contributed by atoms with van der Waals surface area (Å²) in [5.41, 5.74) is 2.88. The standard InChI is InChI=1S/C23H22BrF2N3O/c24-17-4-2-16(3-5-17)15-29-21-11-8-19(26)14-22(21)28(23(29)27)12-1-13-30-20-9-6-18(25)7-10-20/h2-6,8-11,14,18,27H,1,7,12-13,15H2. The number of halogens is 3. The summed E-state index contributed by atoms with van der Waals surface area (Å²) >= 11 is 3.44. The Balaban J connectivity index is 1.53. The molecular weight excluding hydrogens is 452 g/mol. The fraction of sp³-hybridized carbons (Fsp3) is 0.261. The van der Waals surface area contributed by atoms with Gasteiger partial charge in [-0.2, -0.15) is 0 Å². The second-order valence-electron chi connectivity index (χ2n) is 7.24. The summed E-state index contributed by atoms with van der Waals surface area (Å²) in [6.45, 7) is 1.49. The van der Waals surface area contributed by atoms with E-state index >= 15 is 0 Å². The Morgan fingerprint density at radius 2 is 1.90 bits per heavy atom. The smallest absolute Gasteiger partial charge is 0.203 e. The number of aryl methyl sites for hydroxylation is 1. The second-order valence-corrected chi connectivity index (χ2v) is 8.16. The van der Waals surface area contributed by atoms with Gasteiger partial charge in [-0.3, -0.25) is 5.41 Å². The van der Waals surface area contributed by atoms with Crippen molar-refractivity contribution >= 4 is 27.0 Å². The van der Waals surface area contributed by atoms with Gasteiger partial charge in [0.2, 0.25) is 5.62 Å². The Bertz CT molecular complexity index is 1160. The lowest BCUT2D eigenvalue weighted by molar-refractivity contribution is 0.210. The van der Waals surface area contributed by atoms with Crippen molar-refractivity contribution in [2.75, 3.05) is 6.61 Å². The molecule has 0 radical (unpaired) electrons. The van der Waals surface area contributed by atoms with Crippen LogP contribution in [0.15, 0.2) is 70.9 Å². The maximum Gasteiger partial charge on any atom is 0.203 e. The normalized spacial score (nSPS) is 16.1. The quantitative estimate of drug-likeness (QED) is 0.454. The SMILES string of the molecule is N=c1n(CCCOC2=CCC(F)C=C2)c2cc(F)ccc2n1Cc1ccc(Br)cc1. The van der Waals surface area contributed by atoms with Crippen molar-refractivity contribution in [1.29, 1.82) is 5.41 Å². The molecule has 4 nitrogen and oxygen atoms in total. The van der Waals surface area contributed by atoms with E-state index in [2.05, 4.69) is 15.9 Å². The number of ether oxygens (including phenoxy) is 1. The molecule has 0 aliphatic heterocycles. The zero-order chi connectivity index (χ0) is 21.1. The number of rotatable bonds is 7. The highest BCUT2D eigenvalue weighted by atomic mass is 79.9. The topological polar surface area (TPSA) is 42.9 Å². The summed E-state index contributed by atoms with van der Waals surface area (Å²) in [6, 6.07) is 12.6. The first-order valence-electron chi connectivity index (χ1n) is 9.84. The summed E-state index contributed by atoms with van der Waals surface area (Å²) in [5.74, 6) is 0.343. The largest absolute Gasteiger partial charge is 0.494 e. The predicted molar refractivity (Wildman–Crippen MR) is 116 cm³/mol. The molecule has 0 fully saturated rings. The van der Waals surface area contributed by atoms with Gasteiger partial charge in [-0.05, 0) is 60.5 Å². The van der Waals surface area contributed by atoms with Crippen LogP contribution in [0.25, 0.3) is 11.0 Å². The molecule has 0 saturated heterocycles. The van der Waals surface area contributed by atoms with E-state index < -0.39 is 6.17 Å². The minimum Gasteiger partial charge on any atom is -0.494 e. The molecule has 1 aromatic heterocycles. The number of benzene rings is 2. The van der Waals surface area contributed by atoms with E-state index in [9.17, 15) is 8.78 Å². The molecule has 4 rings (SSSR count). The molecule has 7 heteroatoms.